The molecule has 3 heteroatoms. The molecule has 1 heterocycles. The summed E-state index contributed by atoms with van der Waals surface area (Å²) in [5, 5.41) is 0. The quantitative estimate of drug-likeness (QED) is 0.159. The van der Waals surface area contributed by atoms with Gasteiger partial charge in [-0.1, -0.05) is 212 Å². The highest BCUT2D eigenvalue weighted by Crippen LogP contribution is 2.40. The Morgan fingerprint density at radius 3 is 0.889 bits per heavy atom. The molecule has 0 radical (unpaired) electrons. The molecule has 0 N–H and O–H groups in total. The first-order valence-corrected chi connectivity index (χ1v) is 18.2. The van der Waals surface area contributed by atoms with Crippen molar-refractivity contribution in [3.8, 4) is 89.8 Å². The normalized spacial score (nSPS) is 11.0. The zero-order valence-electron chi connectivity index (χ0n) is 29.5. The van der Waals surface area contributed by atoms with Crippen LogP contribution in [0.25, 0.3) is 89.8 Å². The Hall–Kier alpha value is -7.23. The van der Waals surface area contributed by atoms with Crippen LogP contribution in [0.3, 0.4) is 0 Å². The van der Waals surface area contributed by atoms with Crippen LogP contribution >= 0.6 is 0 Å². The van der Waals surface area contributed by atoms with Crippen LogP contribution in [-0.2, 0) is 0 Å². The van der Waals surface area contributed by atoms with E-state index in [9.17, 15) is 0 Å². The molecule has 9 aromatic rings. The Morgan fingerprint density at radius 2 is 0.481 bits per heavy atom. The Balaban J connectivity index is 1.20. The molecule has 0 atom stereocenters. The van der Waals surface area contributed by atoms with Gasteiger partial charge in [0.05, 0.1) is 0 Å². The molecule has 0 aliphatic heterocycles. The van der Waals surface area contributed by atoms with Crippen molar-refractivity contribution in [2.45, 2.75) is 0 Å². The van der Waals surface area contributed by atoms with Crippen LogP contribution in [0.15, 0.2) is 212 Å². The van der Waals surface area contributed by atoms with E-state index in [0.29, 0.717) is 17.5 Å². The van der Waals surface area contributed by atoms with Gasteiger partial charge in [-0.3, -0.25) is 0 Å². The zero-order valence-corrected chi connectivity index (χ0v) is 29.5. The minimum atomic E-state index is 0.621. The molecule has 0 aliphatic carbocycles. The summed E-state index contributed by atoms with van der Waals surface area (Å²) < 4.78 is 0. The Labute approximate surface area is 316 Å². The number of aromatic nitrogens is 3. The van der Waals surface area contributed by atoms with Gasteiger partial charge >= 0.3 is 0 Å². The van der Waals surface area contributed by atoms with E-state index in [1.54, 1.807) is 0 Å². The van der Waals surface area contributed by atoms with Crippen LogP contribution in [0.1, 0.15) is 0 Å². The van der Waals surface area contributed by atoms with E-state index < -0.39 is 0 Å². The summed E-state index contributed by atoms with van der Waals surface area (Å²) in [7, 11) is 0. The van der Waals surface area contributed by atoms with Crippen LogP contribution in [0.2, 0.25) is 0 Å². The fraction of sp³-hybridized carbons (Fsp3) is 0. The summed E-state index contributed by atoms with van der Waals surface area (Å²) in [5.41, 5.74) is 14.2. The van der Waals surface area contributed by atoms with E-state index in [1.165, 1.54) is 22.3 Å². The molecule has 0 fully saturated rings. The third-order valence-electron chi connectivity index (χ3n) is 9.81. The monoisotopic (exact) mass is 689 g/mol. The molecule has 8 aromatic carbocycles. The average Bonchev–Trinajstić information content (AvgIpc) is 3.27. The molecule has 54 heavy (non-hydrogen) atoms. The van der Waals surface area contributed by atoms with Crippen molar-refractivity contribution in [3.05, 3.63) is 212 Å². The highest BCUT2D eigenvalue weighted by atomic mass is 15.0. The minimum absolute atomic E-state index is 0.621. The van der Waals surface area contributed by atoms with Gasteiger partial charge in [-0.05, 0) is 50.1 Å². The maximum atomic E-state index is 5.22. The third kappa shape index (κ3) is 6.74. The van der Waals surface area contributed by atoms with Crippen LogP contribution in [0, 0.1) is 0 Å². The molecular weight excluding hydrogens is 655 g/mol. The fourth-order valence-electron chi connectivity index (χ4n) is 7.01. The van der Waals surface area contributed by atoms with Gasteiger partial charge < -0.3 is 0 Å². The van der Waals surface area contributed by atoms with Gasteiger partial charge in [0.1, 0.15) is 0 Å². The first-order valence-electron chi connectivity index (χ1n) is 18.2. The van der Waals surface area contributed by atoms with Gasteiger partial charge in [0.15, 0.2) is 17.5 Å². The van der Waals surface area contributed by atoms with Crippen LogP contribution in [-0.4, -0.2) is 15.0 Å². The van der Waals surface area contributed by atoms with Crippen molar-refractivity contribution in [2.24, 2.45) is 0 Å². The SMILES string of the molecule is c1ccc(-c2ccc(-c3nc(-c4ccc(-c5ccccc5)cc4)nc(-c4cccc(-c5ccc(-c6ccccc6)cc5)c4-c4ccccc4)n3)cc2)cc1. The fourth-order valence-corrected chi connectivity index (χ4v) is 7.01. The third-order valence-corrected chi connectivity index (χ3v) is 9.81. The summed E-state index contributed by atoms with van der Waals surface area (Å²) in [5.74, 6) is 1.87. The second kappa shape index (κ2) is 14.8. The lowest BCUT2D eigenvalue weighted by Crippen LogP contribution is -2.02. The van der Waals surface area contributed by atoms with Crippen LogP contribution < -0.4 is 0 Å². The Kier molecular flexibility index (Phi) is 8.94. The largest absolute Gasteiger partial charge is 0.208 e. The summed E-state index contributed by atoms with van der Waals surface area (Å²) in [6.45, 7) is 0. The van der Waals surface area contributed by atoms with Crippen molar-refractivity contribution < 1.29 is 0 Å². The van der Waals surface area contributed by atoms with E-state index in [1.807, 2.05) is 18.2 Å². The predicted octanol–water partition coefficient (Wildman–Crippen LogP) is 13.2. The molecule has 0 spiro atoms. The molecule has 1 aromatic heterocycles. The lowest BCUT2D eigenvalue weighted by atomic mass is 9.89. The zero-order chi connectivity index (χ0) is 36.1. The summed E-state index contributed by atoms with van der Waals surface area (Å²) >= 11 is 0. The van der Waals surface area contributed by atoms with E-state index in [4.69, 9.17) is 15.0 Å². The number of hydrogen-bond acceptors (Lipinski definition) is 3. The molecule has 0 amide bonds. The van der Waals surface area contributed by atoms with Crippen molar-refractivity contribution in [1.29, 1.82) is 0 Å². The first-order chi connectivity index (χ1) is 26.8. The van der Waals surface area contributed by atoms with Gasteiger partial charge in [0.2, 0.25) is 0 Å². The van der Waals surface area contributed by atoms with Crippen molar-refractivity contribution >= 4 is 0 Å². The topological polar surface area (TPSA) is 38.7 Å². The molecule has 0 aliphatic rings. The van der Waals surface area contributed by atoms with Crippen LogP contribution in [0.5, 0.6) is 0 Å². The minimum Gasteiger partial charge on any atom is -0.208 e. The maximum absolute atomic E-state index is 5.22. The smallest absolute Gasteiger partial charge is 0.164 e. The van der Waals surface area contributed by atoms with Crippen LogP contribution in [0.4, 0.5) is 0 Å². The second-order valence-electron chi connectivity index (χ2n) is 13.2. The Bertz CT molecular complexity index is 2540. The summed E-state index contributed by atoms with van der Waals surface area (Å²) in [4.78, 5) is 15.5. The van der Waals surface area contributed by atoms with Crippen molar-refractivity contribution in [2.75, 3.05) is 0 Å². The molecule has 0 saturated heterocycles. The molecule has 0 unspecified atom stereocenters. The van der Waals surface area contributed by atoms with Gasteiger partial charge in [-0.25, -0.2) is 15.0 Å². The average molecular weight is 690 g/mol. The highest BCUT2D eigenvalue weighted by Gasteiger charge is 2.19. The number of rotatable bonds is 8. The molecular formula is C51H35N3. The van der Waals surface area contributed by atoms with Crippen molar-refractivity contribution in [3.63, 3.8) is 0 Å². The summed E-state index contributed by atoms with van der Waals surface area (Å²) in [6.07, 6.45) is 0. The lowest BCUT2D eigenvalue weighted by molar-refractivity contribution is 1.07. The first kappa shape index (κ1) is 32.7. The predicted molar refractivity (Wildman–Crippen MR) is 223 cm³/mol. The lowest BCUT2D eigenvalue weighted by Gasteiger charge is -2.17. The van der Waals surface area contributed by atoms with Gasteiger partial charge in [0, 0.05) is 22.3 Å². The molecule has 0 bridgehead atoms. The molecule has 9 rings (SSSR count). The number of benzene rings is 8. The van der Waals surface area contributed by atoms with E-state index >= 15 is 0 Å². The standard InChI is InChI=1S/C51H35N3/c1-5-14-36(15-6-1)39-24-30-42(31-25-39)46-22-13-23-47(48(46)43-20-11-4-12-21-43)51-53-49(44-32-26-40(27-33-44)37-16-7-2-8-17-37)52-50(54-51)45-34-28-41(29-35-45)38-18-9-3-10-19-38/h1-35H. The molecule has 3 nitrogen and oxygen atoms in total. The van der Waals surface area contributed by atoms with Crippen molar-refractivity contribution in [1.82, 2.24) is 15.0 Å². The van der Waals surface area contributed by atoms with Gasteiger partial charge in [0.25, 0.3) is 0 Å². The van der Waals surface area contributed by atoms with E-state index in [0.717, 1.165) is 50.1 Å². The van der Waals surface area contributed by atoms with Gasteiger partial charge in [-0.2, -0.15) is 0 Å². The second-order valence-corrected chi connectivity index (χ2v) is 13.2. The number of nitrogens with zero attached hydrogens (tertiary/aromatic N) is 3. The van der Waals surface area contributed by atoms with E-state index in [2.05, 4.69) is 194 Å². The van der Waals surface area contributed by atoms with E-state index in [-0.39, 0.29) is 0 Å². The molecule has 0 saturated carbocycles. The van der Waals surface area contributed by atoms with Gasteiger partial charge in [-0.15, -0.1) is 0 Å². The highest BCUT2D eigenvalue weighted by molar-refractivity contribution is 5.94. The molecule has 254 valence electrons. The summed E-state index contributed by atoms with van der Waals surface area (Å²) in [6, 6.07) is 74.1. The maximum Gasteiger partial charge on any atom is 0.164 e. The number of hydrogen-bond donors (Lipinski definition) is 0. The Morgan fingerprint density at radius 1 is 0.185 bits per heavy atom.